The number of nitrogens with zero attached hydrogens (tertiary/aromatic N) is 2. The van der Waals surface area contributed by atoms with Crippen molar-refractivity contribution in [2.24, 2.45) is 0 Å². The van der Waals surface area contributed by atoms with Crippen LogP contribution in [0.5, 0.6) is 5.75 Å². The van der Waals surface area contributed by atoms with Crippen LogP contribution in [0.15, 0.2) is 24.3 Å². The normalized spacial score (nSPS) is 10.3. The van der Waals surface area contributed by atoms with Crippen LogP contribution in [0.3, 0.4) is 0 Å². The largest absolute Gasteiger partial charge is 0.496 e. The molecule has 0 spiro atoms. The zero-order chi connectivity index (χ0) is 14.7. The molecule has 0 radical (unpaired) electrons. The summed E-state index contributed by atoms with van der Waals surface area (Å²) in [6.07, 6.45) is 0. The first-order valence-electron chi connectivity index (χ1n) is 6.06. The molecule has 2 rings (SSSR count). The number of benzene rings is 1. The summed E-state index contributed by atoms with van der Waals surface area (Å²) >= 11 is 1.18. The second-order valence-electron chi connectivity index (χ2n) is 4.38. The predicted molar refractivity (Wildman–Crippen MR) is 78.9 cm³/mol. The lowest BCUT2D eigenvalue weighted by Gasteiger charge is -2.17. The Balaban J connectivity index is 2.22. The van der Waals surface area contributed by atoms with Gasteiger partial charge in [0.25, 0.3) is 0 Å². The highest BCUT2D eigenvalue weighted by atomic mass is 32.1. The van der Waals surface area contributed by atoms with Crippen LogP contribution < -0.4 is 9.64 Å². The number of rotatable bonds is 5. The summed E-state index contributed by atoms with van der Waals surface area (Å²) in [6, 6.07) is 7.74. The summed E-state index contributed by atoms with van der Waals surface area (Å²) in [7, 11) is 3.52. The Morgan fingerprint density at radius 3 is 2.75 bits per heavy atom. The third-order valence-electron chi connectivity index (χ3n) is 2.91. The summed E-state index contributed by atoms with van der Waals surface area (Å²) < 4.78 is 5.31. The van der Waals surface area contributed by atoms with Crippen molar-refractivity contribution in [3.05, 3.63) is 40.4 Å². The molecule has 6 heteroatoms. The molecule has 1 N–H and O–H groups in total. The molecule has 0 atom stereocenters. The van der Waals surface area contributed by atoms with Gasteiger partial charge in [0, 0.05) is 19.2 Å². The first kappa shape index (κ1) is 14.3. The number of para-hydroxylation sites is 1. The maximum atomic E-state index is 11.0. The number of thiazole rings is 1. The molecule has 20 heavy (non-hydrogen) atoms. The van der Waals surface area contributed by atoms with E-state index in [1.807, 2.05) is 36.2 Å². The molecule has 2 aromatic rings. The summed E-state index contributed by atoms with van der Waals surface area (Å²) in [6.45, 7) is 2.32. The number of aromatic nitrogens is 1. The lowest BCUT2D eigenvalue weighted by molar-refractivity contribution is 0.0701. The van der Waals surface area contributed by atoms with Crippen molar-refractivity contribution in [3.8, 4) is 5.75 Å². The lowest BCUT2D eigenvalue weighted by atomic mass is 10.2. The van der Waals surface area contributed by atoms with Crippen molar-refractivity contribution in [2.75, 3.05) is 19.1 Å². The fraction of sp³-hybridized carbons (Fsp3) is 0.286. The van der Waals surface area contributed by atoms with Gasteiger partial charge in [0.15, 0.2) is 5.13 Å². The number of methoxy groups -OCH3 is 1. The van der Waals surface area contributed by atoms with Crippen LogP contribution in [-0.4, -0.2) is 30.2 Å². The van der Waals surface area contributed by atoms with Gasteiger partial charge in [-0.3, -0.25) is 0 Å². The molecule has 1 aromatic carbocycles. The minimum absolute atomic E-state index is 0.284. The first-order valence-corrected chi connectivity index (χ1v) is 6.88. The van der Waals surface area contributed by atoms with Gasteiger partial charge >= 0.3 is 5.97 Å². The second-order valence-corrected chi connectivity index (χ2v) is 5.36. The fourth-order valence-corrected chi connectivity index (χ4v) is 2.77. The Labute approximate surface area is 121 Å². The van der Waals surface area contributed by atoms with Crippen molar-refractivity contribution in [3.63, 3.8) is 0 Å². The SMILES string of the molecule is COc1ccccc1CN(C)c1nc(C)c(C(=O)O)s1. The van der Waals surface area contributed by atoms with Gasteiger partial charge in [-0.1, -0.05) is 29.5 Å². The van der Waals surface area contributed by atoms with Crippen molar-refractivity contribution in [1.82, 2.24) is 4.98 Å². The zero-order valence-electron chi connectivity index (χ0n) is 11.6. The van der Waals surface area contributed by atoms with Crippen LogP contribution in [0.1, 0.15) is 20.9 Å². The van der Waals surface area contributed by atoms with E-state index in [2.05, 4.69) is 4.98 Å². The molecule has 0 aliphatic heterocycles. The summed E-state index contributed by atoms with van der Waals surface area (Å²) in [5.41, 5.74) is 1.58. The molecule has 0 amide bonds. The van der Waals surface area contributed by atoms with Crippen LogP contribution in [0.4, 0.5) is 5.13 Å². The van der Waals surface area contributed by atoms with Gasteiger partial charge < -0.3 is 14.7 Å². The molecule has 0 bridgehead atoms. The van der Waals surface area contributed by atoms with Crippen LogP contribution in [0, 0.1) is 6.92 Å². The molecule has 1 heterocycles. The van der Waals surface area contributed by atoms with Crippen LogP contribution >= 0.6 is 11.3 Å². The molecule has 0 saturated carbocycles. The molecule has 0 unspecified atom stereocenters. The molecule has 0 saturated heterocycles. The van der Waals surface area contributed by atoms with Gasteiger partial charge in [-0.15, -0.1) is 0 Å². The molecule has 106 valence electrons. The number of carboxylic acids is 1. The number of aromatic carboxylic acids is 1. The highest BCUT2D eigenvalue weighted by Crippen LogP contribution is 2.28. The third kappa shape index (κ3) is 2.91. The van der Waals surface area contributed by atoms with Crippen molar-refractivity contribution in [1.29, 1.82) is 0 Å². The highest BCUT2D eigenvalue weighted by Gasteiger charge is 2.17. The van der Waals surface area contributed by atoms with Gasteiger partial charge in [0.2, 0.25) is 0 Å². The van der Waals surface area contributed by atoms with Gasteiger partial charge in [-0.2, -0.15) is 0 Å². The molecular formula is C14H16N2O3S. The highest BCUT2D eigenvalue weighted by molar-refractivity contribution is 7.17. The molecular weight excluding hydrogens is 276 g/mol. The van der Waals surface area contributed by atoms with E-state index in [9.17, 15) is 4.79 Å². The number of hydrogen-bond donors (Lipinski definition) is 1. The van der Waals surface area contributed by atoms with Gasteiger partial charge in [-0.25, -0.2) is 9.78 Å². The average molecular weight is 292 g/mol. The Morgan fingerprint density at radius 1 is 1.45 bits per heavy atom. The van der Waals surface area contributed by atoms with E-state index in [0.717, 1.165) is 11.3 Å². The van der Waals surface area contributed by atoms with Crippen LogP contribution in [-0.2, 0) is 6.54 Å². The standard InChI is InChI=1S/C14H16N2O3S/c1-9-12(13(17)18)20-14(15-9)16(2)8-10-6-4-5-7-11(10)19-3/h4-7H,8H2,1-3H3,(H,17,18). The van der Waals surface area contributed by atoms with Crippen molar-refractivity contribution in [2.45, 2.75) is 13.5 Å². The van der Waals surface area contributed by atoms with Gasteiger partial charge in [0.05, 0.1) is 12.8 Å². The topological polar surface area (TPSA) is 62.7 Å². The van der Waals surface area contributed by atoms with E-state index >= 15 is 0 Å². The Hall–Kier alpha value is -2.08. The Morgan fingerprint density at radius 2 is 2.15 bits per heavy atom. The molecule has 1 aromatic heterocycles. The molecule has 0 aliphatic rings. The summed E-state index contributed by atoms with van der Waals surface area (Å²) in [5.74, 6) is -0.122. The number of ether oxygens (including phenoxy) is 1. The first-order chi connectivity index (χ1) is 9.52. The summed E-state index contributed by atoms with van der Waals surface area (Å²) in [5, 5.41) is 9.75. The third-order valence-corrected chi connectivity index (χ3v) is 4.17. The fourth-order valence-electron chi connectivity index (χ4n) is 1.90. The van der Waals surface area contributed by atoms with E-state index in [1.165, 1.54) is 11.3 Å². The second kappa shape index (κ2) is 5.92. The van der Waals surface area contributed by atoms with E-state index in [-0.39, 0.29) is 4.88 Å². The van der Waals surface area contributed by atoms with Crippen molar-refractivity contribution < 1.29 is 14.6 Å². The quantitative estimate of drug-likeness (QED) is 0.918. The van der Waals surface area contributed by atoms with Crippen LogP contribution in [0.25, 0.3) is 0 Å². The summed E-state index contributed by atoms with van der Waals surface area (Å²) in [4.78, 5) is 17.6. The minimum atomic E-state index is -0.933. The van der Waals surface area contributed by atoms with Crippen LogP contribution in [0.2, 0.25) is 0 Å². The number of carboxylic acid groups (broad SMARTS) is 1. The average Bonchev–Trinajstić information content (AvgIpc) is 2.81. The van der Waals surface area contributed by atoms with E-state index in [4.69, 9.17) is 9.84 Å². The number of aryl methyl sites for hydroxylation is 1. The number of anilines is 1. The Bertz CT molecular complexity index is 625. The monoisotopic (exact) mass is 292 g/mol. The molecule has 5 nitrogen and oxygen atoms in total. The van der Waals surface area contributed by atoms with Gasteiger partial charge in [-0.05, 0) is 13.0 Å². The van der Waals surface area contributed by atoms with E-state index in [0.29, 0.717) is 17.4 Å². The van der Waals surface area contributed by atoms with E-state index < -0.39 is 5.97 Å². The zero-order valence-corrected chi connectivity index (χ0v) is 12.4. The number of carbonyl (C=O) groups is 1. The Kier molecular flexibility index (Phi) is 4.24. The van der Waals surface area contributed by atoms with E-state index in [1.54, 1.807) is 14.0 Å². The minimum Gasteiger partial charge on any atom is -0.496 e. The van der Waals surface area contributed by atoms with Crippen molar-refractivity contribution >= 4 is 22.4 Å². The maximum absolute atomic E-state index is 11.0. The maximum Gasteiger partial charge on any atom is 0.347 e. The number of hydrogen-bond acceptors (Lipinski definition) is 5. The molecule has 0 fully saturated rings. The molecule has 0 aliphatic carbocycles. The lowest BCUT2D eigenvalue weighted by Crippen LogP contribution is -2.16. The van der Waals surface area contributed by atoms with Gasteiger partial charge in [0.1, 0.15) is 10.6 Å². The smallest absolute Gasteiger partial charge is 0.347 e. The predicted octanol–water partition coefficient (Wildman–Crippen LogP) is 2.79.